The number of hydrogen-bond donors (Lipinski definition) is 1. The first-order chi connectivity index (χ1) is 12.5. The molecule has 2 aromatic rings. The number of ether oxygens (including phenoxy) is 1. The fraction of sp³-hybridized carbons (Fsp3) is 0.350. The van der Waals surface area contributed by atoms with Gasteiger partial charge in [-0.15, -0.1) is 0 Å². The predicted molar refractivity (Wildman–Crippen MR) is 105 cm³/mol. The van der Waals surface area contributed by atoms with E-state index in [1.165, 1.54) is 0 Å². The Morgan fingerprint density at radius 1 is 1.15 bits per heavy atom. The summed E-state index contributed by atoms with van der Waals surface area (Å²) in [5, 5.41) is 0.625. The lowest BCUT2D eigenvalue weighted by molar-refractivity contribution is 0.0619. The second-order valence-corrected chi connectivity index (χ2v) is 6.89. The number of anilines is 1. The molecular weight excluding hydrogens is 350 g/mol. The van der Waals surface area contributed by atoms with E-state index in [1.807, 2.05) is 48.2 Å². The molecule has 138 valence electrons. The molecule has 1 aliphatic heterocycles. The Hall–Kier alpha value is -2.24. The molecule has 0 spiro atoms. The molecule has 5 nitrogen and oxygen atoms in total. The average Bonchev–Trinajstić information content (AvgIpc) is 2.65. The van der Waals surface area contributed by atoms with Crippen molar-refractivity contribution in [3.8, 4) is 5.75 Å². The first-order valence-electron chi connectivity index (χ1n) is 8.79. The third-order valence-electron chi connectivity index (χ3n) is 4.65. The number of carbonyl (C=O) groups excluding carboxylic acids is 1. The highest BCUT2D eigenvalue weighted by atomic mass is 35.5. The van der Waals surface area contributed by atoms with Crippen molar-refractivity contribution in [2.24, 2.45) is 0 Å². The van der Waals surface area contributed by atoms with Crippen molar-refractivity contribution < 1.29 is 9.53 Å². The summed E-state index contributed by atoms with van der Waals surface area (Å²) >= 11 is 6.09. The van der Waals surface area contributed by atoms with Crippen LogP contribution in [0.1, 0.15) is 15.9 Å². The minimum Gasteiger partial charge on any atom is -0.491 e. The normalized spacial score (nSPS) is 15.1. The van der Waals surface area contributed by atoms with Gasteiger partial charge < -0.3 is 15.4 Å². The average molecular weight is 374 g/mol. The molecule has 6 heteroatoms. The Kier molecular flexibility index (Phi) is 6.01. The monoisotopic (exact) mass is 373 g/mol. The number of nitrogens with two attached hydrogens (primary N) is 1. The largest absolute Gasteiger partial charge is 0.491 e. The number of hydrogen-bond acceptors (Lipinski definition) is 4. The van der Waals surface area contributed by atoms with Crippen LogP contribution in [0.2, 0.25) is 5.02 Å². The van der Waals surface area contributed by atoms with E-state index in [2.05, 4.69) is 4.90 Å². The van der Waals surface area contributed by atoms with Crippen LogP contribution < -0.4 is 10.5 Å². The lowest BCUT2D eigenvalue weighted by atomic mass is 10.1. The molecule has 3 rings (SSSR count). The number of aryl methyl sites for hydroxylation is 1. The van der Waals surface area contributed by atoms with E-state index < -0.39 is 0 Å². The quantitative estimate of drug-likeness (QED) is 0.818. The van der Waals surface area contributed by atoms with Crippen LogP contribution in [0, 0.1) is 6.92 Å². The molecule has 0 bridgehead atoms. The van der Waals surface area contributed by atoms with Crippen molar-refractivity contribution in [3.05, 3.63) is 58.6 Å². The fourth-order valence-electron chi connectivity index (χ4n) is 3.06. The molecular formula is C20H24ClN3O2. The van der Waals surface area contributed by atoms with Crippen molar-refractivity contribution in [1.29, 1.82) is 0 Å². The van der Waals surface area contributed by atoms with Crippen molar-refractivity contribution in [2.75, 3.05) is 45.1 Å². The first kappa shape index (κ1) is 18.5. The molecule has 2 aromatic carbocycles. The van der Waals surface area contributed by atoms with Gasteiger partial charge in [-0.3, -0.25) is 9.69 Å². The van der Waals surface area contributed by atoms with Crippen molar-refractivity contribution in [2.45, 2.75) is 6.92 Å². The number of halogens is 1. The molecule has 0 saturated carbocycles. The van der Waals surface area contributed by atoms with E-state index in [1.54, 1.807) is 6.07 Å². The summed E-state index contributed by atoms with van der Waals surface area (Å²) in [4.78, 5) is 16.9. The van der Waals surface area contributed by atoms with Crippen LogP contribution >= 0.6 is 11.6 Å². The summed E-state index contributed by atoms with van der Waals surface area (Å²) in [6.07, 6.45) is 0. The van der Waals surface area contributed by atoms with Crippen LogP contribution in [0.4, 0.5) is 5.69 Å². The highest BCUT2D eigenvalue weighted by Gasteiger charge is 2.23. The zero-order valence-corrected chi connectivity index (χ0v) is 15.7. The molecule has 1 aliphatic rings. The van der Waals surface area contributed by atoms with E-state index >= 15 is 0 Å². The van der Waals surface area contributed by atoms with Gasteiger partial charge in [0.15, 0.2) is 0 Å². The lowest BCUT2D eigenvalue weighted by Crippen LogP contribution is -2.49. The van der Waals surface area contributed by atoms with Gasteiger partial charge in [-0.05, 0) is 36.8 Å². The smallest absolute Gasteiger partial charge is 0.254 e. The standard InChI is InChI=1S/C20H24ClN3O2/c1-15-6-7-16(22)14-17(15)20(25)24-10-8-23(9-11-24)12-13-26-19-5-3-2-4-18(19)21/h2-7,14H,8-13,22H2,1H3. The zero-order chi connectivity index (χ0) is 18.5. The molecule has 1 fully saturated rings. The van der Waals surface area contributed by atoms with Crippen molar-refractivity contribution in [3.63, 3.8) is 0 Å². The summed E-state index contributed by atoms with van der Waals surface area (Å²) in [6.45, 7) is 6.40. The van der Waals surface area contributed by atoms with Gasteiger partial charge in [0.2, 0.25) is 0 Å². The minimum atomic E-state index is 0.0572. The van der Waals surface area contributed by atoms with Gasteiger partial charge in [0.1, 0.15) is 12.4 Å². The van der Waals surface area contributed by atoms with Crippen LogP contribution in [0.3, 0.4) is 0 Å². The summed E-state index contributed by atoms with van der Waals surface area (Å²) in [5.41, 5.74) is 8.10. The fourth-order valence-corrected chi connectivity index (χ4v) is 3.25. The summed E-state index contributed by atoms with van der Waals surface area (Å²) in [5.74, 6) is 0.766. The maximum absolute atomic E-state index is 12.7. The van der Waals surface area contributed by atoms with E-state index in [9.17, 15) is 4.79 Å². The maximum Gasteiger partial charge on any atom is 0.254 e. The molecule has 0 aliphatic carbocycles. The molecule has 0 radical (unpaired) electrons. The molecule has 0 unspecified atom stereocenters. The van der Waals surface area contributed by atoms with Gasteiger partial charge >= 0.3 is 0 Å². The van der Waals surface area contributed by atoms with Crippen LogP contribution in [0.5, 0.6) is 5.75 Å². The van der Waals surface area contributed by atoms with Crippen LogP contribution in [0.15, 0.2) is 42.5 Å². The number of para-hydroxylation sites is 1. The second kappa shape index (κ2) is 8.43. The Bertz CT molecular complexity index is 773. The molecule has 0 aromatic heterocycles. The predicted octanol–water partition coefficient (Wildman–Crippen LogP) is 3.07. The van der Waals surface area contributed by atoms with E-state index in [4.69, 9.17) is 22.1 Å². The number of benzene rings is 2. The number of nitrogens with zero attached hydrogens (tertiary/aromatic N) is 2. The van der Waals surface area contributed by atoms with Crippen LogP contribution in [-0.2, 0) is 0 Å². The summed E-state index contributed by atoms with van der Waals surface area (Å²) in [6, 6.07) is 13.0. The number of nitrogen functional groups attached to an aromatic ring is 1. The Labute approximate surface area is 159 Å². The van der Waals surface area contributed by atoms with Gasteiger partial charge in [0, 0.05) is 44.0 Å². The van der Waals surface area contributed by atoms with Gasteiger partial charge in [-0.25, -0.2) is 0 Å². The molecule has 2 N–H and O–H groups in total. The van der Waals surface area contributed by atoms with Gasteiger partial charge in [0.25, 0.3) is 5.91 Å². The van der Waals surface area contributed by atoms with Crippen LogP contribution in [-0.4, -0.2) is 55.0 Å². The number of rotatable bonds is 5. The van der Waals surface area contributed by atoms with Crippen molar-refractivity contribution >= 4 is 23.2 Å². The minimum absolute atomic E-state index is 0.0572. The summed E-state index contributed by atoms with van der Waals surface area (Å²) in [7, 11) is 0. The topological polar surface area (TPSA) is 58.8 Å². The number of amides is 1. The highest BCUT2D eigenvalue weighted by Crippen LogP contribution is 2.23. The van der Waals surface area contributed by atoms with E-state index in [0.29, 0.717) is 41.7 Å². The third kappa shape index (κ3) is 4.48. The van der Waals surface area contributed by atoms with Crippen molar-refractivity contribution in [1.82, 2.24) is 9.80 Å². The Balaban J connectivity index is 1.47. The lowest BCUT2D eigenvalue weighted by Gasteiger charge is -2.35. The first-order valence-corrected chi connectivity index (χ1v) is 9.17. The zero-order valence-electron chi connectivity index (χ0n) is 15.0. The Morgan fingerprint density at radius 3 is 2.62 bits per heavy atom. The molecule has 0 atom stereocenters. The maximum atomic E-state index is 12.7. The van der Waals surface area contributed by atoms with Gasteiger partial charge in [0.05, 0.1) is 5.02 Å². The molecule has 1 heterocycles. The van der Waals surface area contributed by atoms with Crippen LogP contribution in [0.25, 0.3) is 0 Å². The summed E-state index contributed by atoms with van der Waals surface area (Å²) < 4.78 is 5.74. The molecule has 26 heavy (non-hydrogen) atoms. The van der Waals surface area contributed by atoms with E-state index in [-0.39, 0.29) is 5.91 Å². The van der Waals surface area contributed by atoms with Gasteiger partial charge in [-0.1, -0.05) is 29.8 Å². The number of carbonyl (C=O) groups is 1. The molecule has 1 amide bonds. The van der Waals surface area contributed by atoms with E-state index in [0.717, 1.165) is 25.2 Å². The second-order valence-electron chi connectivity index (χ2n) is 6.49. The SMILES string of the molecule is Cc1ccc(N)cc1C(=O)N1CCN(CCOc2ccccc2Cl)CC1. The third-order valence-corrected chi connectivity index (χ3v) is 4.97. The molecule has 1 saturated heterocycles. The number of piperazine rings is 1. The highest BCUT2D eigenvalue weighted by molar-refractivity contribution is 6.32. The van der Waals surface area contributed by atoms with Gasteiger partial charge in [-0.2, -0.15) is 0 Å². The Morgan fingerprint density at radius 2 is 1.88 bits per heavy atom.